The summed E-state index contributed by atoms with van der Waals surface area (Å²) < 4.78 is 75.2. The molecule has 38 heavy (non-hydrogen) atoms. The van der Waals surface area contributed by atoms with Gasteiger partial charge in [0.15, 0.2) is 0 Å². The van der Waals surface area contributed by atoms with Crippen molar-refractivity contribution >= 4 is 23.3 Å². The fourth-order valence-electron chi connectivity index (χ4n) is 4.07. The Hall–Kier alpha value is -2.69. The molecule has 4 heterocycles. The molecule has 16 heteroatoms. The molecule has 2 aromatic rings. The van der Waals surface area contributed by atoms with E-state index in [2.05, 4.69) is 27.2 Å². The topological polar surface area (TPSA) is 116 Å². The van der Waals surface area contributed by atoms with Crippen LogP contribution in [0.15, 0.2) is 34.4 Å². The number of piperidine rings is 1. The minimum atomic E-state index is -5.08. The van der Waals surface area contributed by atoms with Gasteiger partial charge in [0.1, 0.15) is 10.8 Å². The Bertz CT molecular complexity index is 929. The molecule has 2 aromatic heterocycles. The summed E-state index contributed by atoms with van der Waals surface area (Å²) in [5.74, 6) is -3.88. The predicted molar refractivity (Wildman–Crippen MR) is 121 cm³/mol. The minimum Gasteiger partial charge on any atom is -0.475 e. The normalized spacial score (nSPS) is 21.9. The zero-order chi connectivity index (χ0) is 28.5. The molecule has 0 saturated carbocycles. The number of rotatable bonds is 5. The Labute approximate surface area is 217 Å². The lowest BCUT2D eigenvalue weighted by Gasteiger charge is -2.48. The summed E-state index contributed by atoms with van der Waals surface area (Å²) in [5, 5.41) is 17.5. The first-order chi connectivity index (χ1) is 17.7. The van der Waals surface area contributed by atoms with Gasteiger partial charge >= 0.3 is 24.3 Å². The van der Waals surface area contributed by atoms with Crippen molar-refractivity contribution in [3.63, 3.8) is 0 Å². The summed E-state index contributed by atoms with van der Waals surface area (Å²) in [5.41, 5.74) is 0. The first-order valence-electron chi connectivity index (χ1n) is 11.2. The lowest BCUT2D eigenvalue weighted by molar-refractivity contribution is -0.193. The number of carboxylic acids is 2. The third kappa shape index (κ3) is 10.2. The number of halogens is 6. The summed E-state index contributed by atoms with van der Waals surface area (Å²) >= 11 is 1.75. The number of furan rings is 1. The quantitative estimate of drug-likeness (QED) is 0.508. The largest absolute Gasteiger partial charge is 0.490 e. The molecule has 0 aromatic carbocycles. The Morgan fingerprint density at radius 3 is 2.29 bits per heavy atom. The number of alkyl halides is 6. The van der Waals surface area contributed by atoms with Gasteiger partial charge in [-0.2, -0.15) is 26.3 Å². The molecule has 0 unspecified atom stereocenters. The van der Waals surface area contributed by atoms with E-state index in [4.69, 9.17) is 29.0 Å². The lowest BCUT2D eigenvalue weighted by Crippen LogP contribution is -2.59. The molecule has 214 valence electrons. The molecule has 9 nitrogen and oxygen atoms in total. The van der Waals surface area contributed by atoms with Crippen LogP contribution in [0.4, 0.5) is 26.3 Å². The van der Waals surface area contributed by atoms with E-state index < -0.39 is 24.3 Å². The highest BCUT2D eigenvalue weighted by Gasteiger charge is 2.41. The van der Waals surface area contributed by atoms with Crippen molar-refractivity contribution in [2.75, 3.05) is 26.7 Å². The Balaban J connectivity index is 0.000000301. The third-order valence-electron chi connectivity index (χ3n) is 5.69. The van der Waals surface area contributed by atoms with Crippen molar-refractivity contribution in [2.45, 2.75) is 50.4 Å². The van der Waals surface area contributed by atoms with Crippen molar-refractivity contribution in [3.8, 4) is 0 Å². The number of carboxylic acid groups (broad SMARTS) is 2. The van der Waals surface area contributed by atoms with Crippen molar-refractivity contribution in [1.82, 2.24) is 14.8 Å². The second-order valence-electron chi connectivity index (χ2n) is 8.53. The van der Waals surface area contributed by atoms with Crippen LogP contribution < -0.4 is 0 Å². The van der Waals surface area contributed by atoms with Crippen molar-refractivity contribution in [2.24, 2.45) is 5.92 Å². The Morgan fingerprint density at radius 1 is 1.16 bits per heavy atom. The first-order valence-corrected chi connectivity index (χ1v) is 12.1. The van der Waals surface area contributed by atoms with Gasteiger partial charge in [-0.05, 0) is 37.9 Å². The maximum Gasteiger partial charge on any atom is 0.490 e. The molecule has 2 aliphatic rings. The van der Waals surface area contributed by atoms with E-state index in [0.29, 0.717) is 18.1 Å². The monoisotopic (exact) mass is 575 g/mol. The molecule has 2 fully saturated rings. The molecule has 0 radical (unpaired) electrons. The Kier molecular flexibility index (Phi) is 11.5. The number of hydrogen-bond acceptors (Lipinski definition) is 8. The maximum absolute atomic E-state index is 10.6. The van der Waals surface area contributed by atoms with Gasteiger partial charge in [0.05, 0.1) is 25.5 Å². The minimum absolute atomic E-state index is 0.339. The number of aliphatic carboxylic acids is 2. The van der Waals surface area contributed by atoms with Gasteiger partial charge in [0.2, 0.25) is 0 Å². The number of nitrogens with zero attached hydrogens (tertiary/aromatic N) is 3. The number of hydrogen-bond donors (Lipinski definition) is 2. The molecular weight excluding hydrogens is 548 g/mol. The lowest BCUT2D eigenvalue weighted by atomic mass is 9.85. The van der Waals surface area contributed by atoms with Crippen LogP contribution in [0.25, 0.3) is 0 Å². The van der Waals surface area contributed by atoms with Gasteiger partial charge in [0, 0.05) is 37.3 Å². The van der Waals surface area contributed by atoms with Crippen LogP contribution in [0.5, 0.6) is 0 Å². The van der Waals surface area contributed by atoms with E-state index in [1.807, 2.05) is 18.3 Å². The summed E-state index contributed by atoms with van der Waals surface area (Å²) in [4.78, 5) is 27.2. The summed E-state index contributed by atoms with van der Waals surface area (Å²) in [7, 11) is 2.19. The zero-order valence-electron chi connectivity index (χ0n) is 20.1. The van der Waals surface area contributed by atoms with Gasteiger partial charge in [-0.3, -0.25) is 9.80 Å². The summed E-state index contributed by atoms with van der Waals surface area (Å²) in [6, 6.07) is 4.40. The molecular formula is C22H27F6N3O6S. The van der Waals surface area contributed by atoms with Gasteiger partial charge in [-0.15, -0.1) is 11.3 Å². The van der Waals surface area contributed by atoms with E-state index in [1.165, 1.54) is 17.8 Å². The number of carbonyl (C=O) groups is 2. The number of thiazole rings is 1. The van der Waals surface area contributed by atoms with Gasteiger partial charge in [0.25, 0.3) is 0 Å². The number of fused-ring (bicyclic) bond motifs is 1. The number of aromatic nitrogens is 1. The summed E-state index contributed by atoms with van der Waals surface area (Å²) in [6.45, 7) is 4.83. The van der Waals surface area contributed by atoms with E-state index in [-0.39, 0.29) is 0 Å². The summed E-state index contributed by atoms with van der Waals surface area (Å²) in [6.07, 6.45) is -3.73. The molecule has 3 atom stereocenters. The van der Waals surface area contributed by atoms with Crippen LogP contribution in [0.3, 0.4) is 0 Å². The average Bonchev–Trinajstić information content (AvgIpc) is 3.52. The van der Waals surface area contributed by atoms with Crippen molar-refractivity contribution in [1.29, 1.82) is 0 Å². The third-order valence-corrected chi connectivity index (χ3v) is 6.45. The zero-order valence-corrected chi connectivity index (χ0v) is 20.9. The van der Waals surface area contributed by atoms with Gasteiger partial charge in [-0.25, -0.2) is 14.6 Å². The molecule has 2 saturated heterocycles. The Morgan fingerprint density at radius 2 is 1.79 bits per heavy atom. The highest BCUT2D eigenvalue weighted by molar-refractivity contribution is 7.09. The van der Waals surface area contributed by atoms with E-state index in [1.54, 1.807) is 17.6 Å². The second-order valence-corrected chi connectivity index (χ2v) is 9.50. The van der Waals surface area contributed by atoms with Crippen molar-refractivity contribution < 1.29 is 55.3 Å². The molecule has 0 amide bonds. The molecule has 2 aliphatic heterocycles. The standard InChI is InChI=1S/C18H25N3O2S.2C2HF3O2/c1-20(11-15-5-3-7-22-15)16-12-21(13-17-19-6-9-24-17)10-14-4-2-8-23-18(14)16;2*3-2(4,5)1(6)7/h3,5-7,9,14,16,18H,2,4,8,10-13H2,1H3;2*(H,6,7)/t14-,16+,18-;;/m0../s1. The van der Waals surface area contributed by atoms with Crippen LogP contribution in [0.1, 0.15) is 23.6 Å². The van der Waals surface area contributed by atoms with E-state index >= 15 is 0 Å². The highest BCUT2D eigenvalue weighted by Crippen LogP contribution is 2.32. The molecule has 4 rings (SSSR count). The number of likely N-dealkylation sites (tertiary alicyclic amines) is 1. The van der Waals surface area contributed by atoms with E-state index in [9.17, 15) is 26.3 Å². The molecule has 2 N–H and O–H groups in total. The van der Waals surface area contributed by atoms with E-state index in [0.717, 1.165) is 38.5 Å². The average molecular weight is 576 g/mol. The van der Waals surface area contributed by atoms with Gasteiger partial charge < -0.3 is 19.4 Å². The highest BCUT2D eigenvalue weighted by atomic mass is 32.1. The SMILES string of the molecule is CN(Cc1ccco1)[C@@H]1CN(Cc2nccs2)C[C@@H]2CCCO[C@@H]21.O=C(O)C(F)(F)F.O=C(O)C(F)(F)F. The number of ether oxygens (including phenoxy) is 1. The smallest absolute Gasteiger partial charge is 0.475 e. The molecule has 0 bridgehead atoms. The van der Waals surface area contributed by atoms with Crippen LogP contribution in [-0.4, -0.2) is 88.2 Å². The van der Waals surface area contributed by atoms with Crippen LogP contribution in [0, 0.1) is 5.92 Å². The molecule has 0 aliphatic carbocycles. The predicted octanol–water partition coefficient (Wildman–Crippen LogP) is 4.11. The fraction of sp³-hybridized carbons (Fsp3) is 0.591. The van der Waals surface area contributed by atoms with Crippen LogP contribution in [-0.2, 0) is 27.4 Å². The van der Waals surface area contributed by atoms with Crippen LogP contribution in [0.2, 0.25) is 0 Å². The molecule has 0 spiro atoms. The van der Waals surface area contributed by atoms with Crippen LogP contribution >= 0.6 is 11.3 Å². The first kappa shape index (κ1) is 31.5. The fourth-order valence-corrected chi connectivity index (χ4v) is 4.73. The van der Waals surface area contributed by atoms with Crippen molar-refractivity contribution in [3.05, 3.63) is 40.7 Å². The van der Waals surface area contributed by atoms with Gasteiger partial charge in [-0.1, -0.05) is 0 Å². The number of likely N-dealkylation sites (N-methyl/N-ethyl adjacent to an activating group) is 1. The maximum atomic E-state index is 10.6. The second kappa shape index (κ2) is 13.9.